The van der Waals surface area contributed by atoms with Gasteiger partial charge in [-0.05, 0) is 24.1 Å². The number of fused-ring (bicyclic) bond motifs is 1. The van der Waals surface area contributed by atoms with Gasteiger partial charge in [0.1, 0.15) is 5.75 Å². The summed E-state index contributed by atoms with van der Waals surface area (Å²) in [6, 6.07) is 15.2. The summed E-state index contributed by atoms with van der Waals surface area (Å²) in [6.07, 6.45) is 0.703. The van der Waals surface area contributed by atoms with Crippen molar-refractivity contribution in [2.24, 2.45) is 0 Å². The van der Waals surface area contributed by atoms with Crippen molar-refractivity contribution in [3.05, 3.63) is 60.0 Å². The molecule has 1 aromatic heterocycles. The lowest BCUT2D eigenvalue weighted by Crippen LogP contribution is -2.50. The highest BCUT2D eigenvalue weighted by Crippen LogP contribution is 2.34. The fourth-order valence-electron chi connectivity index (χ4n) is 3.60. The fourth-order valence-corrected chi connectivity index (χ4v) is 3.60. The average molecular weight is 434 g/mol. The van der Waals surface area contributed by atoms with E-state index in [1.54, 1.807) is 25.1 Å². The third-order valence-corrected chi connectivity index (χ3v) is 5.43. The third kappa shape index (κ3) is 4.49. The molecule has 1 aliphatic rings. The van der Waals surface area contributed by atoms with Crippen molar-refractivity contribution in [2.75, 3.05) is 25.5 Å². The number of aryl methyl sites for hydroxylation is 2. The van der Waals surface area contributed by atoms with Gasteiger partial charge in [-0.2, -0.15) is 4.98 Å². The van der Waals surface area contributed by atoms with Gasteiger partial charge >= 0.3 is 0 Å². The maximum atomic E-state index is 13.1. The molecular weight excluding hydrogens is 408 g/mol. The largest absolute Gasteiger partial charge is 0.476 e. The Morgan fingerprint density at radius 2 is 1.88 bits per heavy atom. The van der Waals surface area contributed by atoms with Crippen LogP contribution in [0.1, 0.15) is 24.8 Å². The minimum atomic E-state index is -0.745. The molecule has 1 aliphatic heterocycles. The molecule has 32 heavy (non-hydrogen) atoms. The van der Waals surface area contributed by atoms with Gasteiger partial charge in [0, 0.05) is 32.5 Å². The smallest absolute Gasteiger partial charge is 0.265 e. The summed E-state index contributed by atoms with van der Waals surface area (Å²) in [5, 5.41) is 4.04. The van der Waals surface area contributed by atoms with Crippen molar-refractivity contribution < 1.29 is 18.8 Å². The highest BCUT2D eigenvalue weighted by molar-refractivity contribution is 5.97. The number of nitrogens with zero attached hydrogens (tertiary/aromatic N) is 4. The van der Waals surface area contributed by atoms with Gasteiger partial charge in [0.05, 0.1) is 12.2 Å². The molecule has 0 saturated carbocycles. The standard InChI is InChI=1S/C24H26N4O4/c1-4-16-9-11-17(12-10-16)23-25-21(32-26-23)13-14-22(29)28-15-20(24(30)27(2)3)31-19-8-6-5-7-18(19)28/h5-12,20H,4,13-15H2,1-3H3/t20-/m1/s1. The third-order valence-electron chi connectivity index (χ3n) is 5.43. The molecule has 2 amide bonds. The number of carbonyl (C=O) groups excluding carboxylic acids is 2. The zero-order valence-electron chi connectivity index (χ0n) is 18.4. The molecule has 2 aromatic carbocycles. The van der Waals surface area contributed by atoms with Crippen LogP contribution in [-0.4, -0.2) is 53.6 Å². The van der Waals surface area contributed by atoms with Gasteiger partial charge in [-0.3, -0.25) is 9.59 Å². The maximum absolute atomic E-state index is 13.1. The van der Waals surface area contributed by atoms with E-state index in [1.165, 1.54) is 10.5 Å². The zero-order valence-corrected chi connectivity index (χ0v) is 18.4. The van der Waals surface area contributed by atoms with E-state index in [1.807, 2.05) is 42.5 Å². The van der Waals surface area contributed by atoms with Gasteiger partial charge in [-0.25, -0.2) is 0 Å². The fraction of sp³-hybridized carbons (Fsp3) is 0.333. The van der Waals surface area contributed by atoms with Crippen LogP contribution < -0.4 is 9.64 Å². The number of hydrogen-bond donors (Lipinski definition) is 0. The molecule has 8 nitrogen and oxygen atoms in total. The van der Waals surface area contributed by atoms with Gasteiger partial charge in [0.15, 0.2) is 6.10 Å². The molecule has 0 aliphatic carbocycles. The monoisotopic (exact) mass is 434 g/mol. The van der Waals surface area contributed by atoms with Crippen LogP contribution >= 0.6 is 0 Å². The summed E-state index contributed by atoms with van der Waals surface area (Å²) in [6.45, 7) is 2.26. The number of amides is 2. The van der Waals surface area contributed by atoms with Crippen LogP contribution in [0.2, 0.25) is 0 Å². The Labute approximate surface area is 186 Å². The first-order valence-electron chi connectivity index (χ1n) is 10.7. The van der Waals surface area contributed by atoms with E-state index in [4.69, 9.17) is 9.26 Å². The first-order valence-corrected chi connectivity index (χ1v) is 10.7. The molecule has 0 spiro atoms. The predicted octanol–water partition coefficient (Wildman–Crippen LogP) is 3.11. The van der Waals surface area contributed by atoms with Crippen molar-refractivity contribution in [3.63, 3.8) is 0 Å². The molecule has 4 rings (SSSR count). The molecule has 0 radical (unpaired) electrons. The summed E-state index contributed by atoms with van der Waals surface area (Å²) < 4.78 is 11.2. The minimum Gasteiger partial charge on any atom is -0.476 e. The highest BCUT2D eigenvalue weighted by Gasteiger charge is 2.34. The van der Waals surface area contributed by atoms with Crippen LogP contribution in [0.25, 0.3) is 11.4 Å². The van der Waals surface area contributed by atoms with E-state index < -0.39 is 6.10 Å². The minimum absolute atomic E-state index is 0.135. The SMILES string of the molecule is CCc1ccc(-c2noc(CCC(=O)N3C[C@H](C(=O)N(C)C)Oc4ccccc43)n2)cc1. The van der Waals surface area contributed by atoms with Crippen LogP contribution in [-0.2, 0) is 22.4 Å². The summed E-state index contributed by atoms with van der Waals surface area (Å²) >= 11 is 0. The molecule has 0 fully saturated rings. The van der Waals surface area contributed by atoms with Crippen molar-refractivity contribution >= 4 is 17.5 Å². The number of likely N-dealkylation sites (N-methyl/N-ethyl adjacent to an activating group) is 1. The summed E-state index contributed by atoms with van der Waals surface area (Å²) in [5.41, 5.74) is 2.76. The second kappa shape index (κ2) is 9.21. The first-order chi connectivity index (χ1) is 15.5. The quantitative estimate of drug-likeness (QED) is 0.592. The van der Waals surface area contributed by atoms with Gasteiger partial charge in [0.2, 0.25) is 17.6 Å². The number of aromatic nitrogens is 2. The van der Waals surface area contributed by atoms with E-state index in [2.05, 4.69) is 17.1 Å². The molecule has 2 heterocycles. The molecule has 0 bridgehead atoms. The average Bonchev–Trinajstić information content (AvgIpc) is 3.30. The maximum Gasteiger partial charge on any atom is 0.265 e. The van der Waals surface area contributed by atoms with Crippen LogP contribution in [0.3, 0.4) is 0 Å². The van der Waals surface area contributed by atoms with Gasteiger partial charge in [-0.1, -0.05) is 48.5 Å². The van der Waals surface area contributed by atoms with E-state index in [-0.39, 0.29) is 24.8 Å². The normalized spacial score (nSPS) is 15.1. The van der Waals surface area contributed by atoms with E-state index in [9.17, 15) is 9.59 Å². The van der Waals surface area contributed by atoms with Crippen LogP contribution in [0.4, 0.5) is 5.69 Å². The Hall–Kier alpha value is -3.68. The predicted molar refractivity (Wildman–Crippen MR) is 119 cm³/mol. The molecule has 3 aromatic rings. The second-order valence-electron chi connectivity index (χ2n) is 7.87. The molecule has 0 saturated heterocycles. The lowest BCUT2D eigenvalue weighted by atomic mass is 10.1. The number of hydrogen-bond acceptors (Lipinski definition) is 6. The van der Waals surface area contributed by atoms with Gasteiger partial charge in [-0.15, -0.1) is 0 Å². The Morgan fingerprint density at radius 3 is 2.59 bits per heavy atom. The number of ether oxygens (including phenoxy) is 1. The molecule has 1 atom stereocenters. The summed E-state index contributed by atoms with van der Waals surface area (Å²) in [7, 11) is 3.34. The Kier molecular flexibility index (Phi) is 6.20. The van der Waals surface area contributed by atoms with E-state index >= 15 is 0 Å². The van der Waals surface area contributed by atoms with E-state index in [0.717, 1.165) is 12.0 Å². The van der Waals surface area contributed by atoms with Crippen molar-refractivity contribution in [3.8, 4) is 17.1 Å². The first kappa shape index (κ1) is 21.5. The number of rotatable bonds is 6. The van der Waals surface area contributed by atoms with E-state index in [0.29, 0.717) is 29.6 Å². The Bertz CT molecular complexity index is 1110. The van der Waals surface area contributed by atoms with Crippen molar-refractivity contribution in [1.82, 2.24) is 15.0 Å². The lowest BCUT2D eigenvalue weighted by Gasteiger charge is -2.35. The van der Waals surface area contributed by atoms with Crippen LogP contribution in [0, 0.1) is 0 Å². The zero-order chi connectivity index (χ0) is 22.7. The molecule has 166 valence electrons. The second-order valence-corrected chi connectivity index (χ2v) is 7.87. The molecule has 0 N–H and O–H groups in total. The highest BCUT2D eigenvalue weighted by atomic mass is 16.5. The topological polar surface area (TPSA) is 88.8 Å². The molecule has 0 unspecified atom stereocenters. The summed E-state index contributed by atoms with van der Waals surface area (Å²) in [5.74, 6) is 1.10. The lowest BCUT2D eigenvalue weighted by molar-refractivity contribution is -0.136. The Balaban J connectivity index is 1.45. The van der Waals surface area contributed by atoms with Crippen LogP contribution in [0.5, 0.6) is 5.75 Å². The van der Waals surface area contributed by atoms with Crippen LogP contribution in [0.15, 0.2) is 53.1 Å². The van der Waals surface area contributed by atoms with Gasteiger partial charge in [0.25, 0.3) is 5.91 Å². The number of para-hydroxylation sites is 2. The summed E-state index contributed by atoms with van der Waals surface area (Å²) in [4.78, 5) is 33.0. The van der Waals surface area contributed by atoms with Crippen molar-refractivity contribution in [1.29, 1.82) is 0 Å². The number of carbonyl (C=O) groups is 2. The molecular formula is C24H26N4O4. The van der Waals surface area contributed by atoms with Gasteiger partial charge < -0.3 is 19.1 Å². The van der Waals surface area contributed by atoms with Crippen molar-refractivity contribution in [2.45, 2.75) is 32.3 Å². The number of benzene rings is 2. The Morgan fingerprint density at radius 1 is 1.12 bits per heavy atom. The molecule has 8 heteroatoms. The number of anilines is 1.